The van der Waals surface area contributed by atoms with Gasteiger partial charge in [-0.2, -0.15) is 0 Å². The Morgan fingerprint density at radius 2 is 2.05 bits per heavy atom. The van der Waals surface area contributed by atoms with Crippen LogP contribution < -0.4 is 10.0 Å². The van der Waals surface area contributed by atoms with Crippen molar-refractivity contribution >= 4 is 33.0 Å². The van der Waals surface area contributed by atoms with Crippen LogP contribution in [0.3, 0.4) is 0 Å². The van der Waals surface area contributed by atoms with Gasteiger partial charge in [0.2, 0.25) is 5.91 Å². The van der Waals surface area contributed by atoms with Crippen molar-refractivity contribution < 1.29 is 13.2 Å². The molecule has 1 amide bonds. The molecule has 0 saturated carbocycles. The molecule has 1 aromatic carbocycles. The molecule has 2 heterocycles. The summed E-state index contributed by atoms with van der Waals surface area (Å²) in [5.41, 5.74) is 6.64. The average Bonchev–Trinajstić information content (AvgIpc) is 3.12. The van der Waals surface area contributed by atoms with Crippen LogP contribution >= 0.6 is 11.3 Å². The molecule has 0 unspecified atom stereocenters. The number of carbonyl (C=O) groups excluding carboxylic acids is 1. The van der Waals surface area contributed by atoms with Crippen molar-refractivity contribution in [3.8, 4) is 0 Å². The van der Waals surface area contributed by atoms with Gasteiger partial charge in [-0.1, -0.05) is 25.1 Å². The van der Waals surface area contributed by atoms with Crippen LogP contribution in [0.4, 0.5) is 5.69 Å². The number of hydrogen-bond acceptors (Lipinski definition) is 4. The lowest BCUT2D eigenvalue weighted by Gasteiger charge is -2.18. The average molecular weight is 336 g/mol. The number of nitrogens with two attached hydrogens (primary N) is 1. The van der Waals surface area contributed by atoms with Crippen LogP contribution in [0.25, 0.3) is 0 Å². The number of thiophene rings is 1. The summed E-state index contributed by atoms with van der Waals surface area (Å²) in [5, 5.41) is 0. The molecule has 0 radical (unpaired) electrons. The Morgan fingerprint density at radius 3 is 2.68 bits per heavy atom. The molecule has 1 aliphatic heterocycles. The minimum Gasteiger partial charge on any atom is -0.369 e. The smallest absolute Gasteiger partial charge is 0.273 e. The van der Waals surface area contributed by atoms with E-state index in [0.717, 1.165) is 11.3 Å². The van der Waals surface area contributed by atoms with Crippen molar-refractivity contribution in [1.82, 2.24) is 0 Å². The highest BCUT2D eigenvalue weighted by Gasteiger charge is 2.39. The Balaban J connectivity index is 2.07. The second kappa shape index (κ2) is 5.40. The maximum Gasteiger partial charge on any atom is 0.273 e. The van der Waals surface area contributed by atoms with Gasteiger partial charge in [-0.15, -0.1) is 11.3 Å². The number of sulfonamides is 1. The molecule has 2 aromatic rings. The topological polar surface area (TPSA) is 80.5 Å². The van der Waals surface area contributed by atoms with Gasteiger partial charge in [0.05, 0.1) is 18.2 Å². The second-order valence-electron chi connectivity index (χ2n) is 5.12. The van der Waals surface area contributed by atoms with E-state index in [0.29, 0.717) is 15.5 Å². The summed E-state index contributed by atoms with van der Waals surface area (Å²) in [6.07, 6.45) is 0.792. The van der Waals surface area contributed by atoms with E-state index in [4.69, 9.17) is 5.73 Å². The van der Waals surface area contributed by atoms with E-state index in [2.05, 4.69) is 0 Å². The van der Waals surface area contributed by atoms with E-state index < -0.39 is 21.8 Å². The first-order valence-electron chi connectivity index (χ1n) is 6.95. The molecular weight excluding hydrogens is 320 g/mol. The first kappa shape index (κ1) is 15.1. The van der Waals surface area contributed by atoms with Crippen molar-refractivity contribution in [2.45, 2.75) is 23.5 Å². The molecule has 0 fully saturated rings. The number of benzene rings is 1. The summed E-state index contributed by atoms with van der Waals surface area (Å²) >= 11 is 1.27. The van der Waals surface area contributed by atoms with E-state index in [1.165, 1.54) is 15.6 Å². The lowest BCUT2D eigenvalue weighted by Crippen LogP contribution is -2.32. The fourth-order valence-corrected chi connectivity index (χ4v) is 5.55. The molecule has 0 aliphatic carbocycles. The van der Waals surface area contributed by atoms with Crippen molar-refractivity contribution in [2.24, 2.45) is 5.73 Å². The van der Waals surface area contributed by atoms with E-state index in [1.54, 1.807) is 30.3 Å². The molecule has 2 N–H and O–H groups in total. The van der Waals surface area contributed by atoms with Gasteiger partial charge < -0.3 is 5.73 Å². The predicted octanol–water partition coefficient (Wildman–Crippen LogP) is 2.09. The molecule has 7 heteroatoms. The van der Waals surface area contributed by atoms with Crippen LogP contribution in [-0.2, 0) is 21.2 Å². The lowest BCUT2D eigenvalue weighted by atomic mass is 10.0. The predicted molar refractivity (Wildman–Crippen MR) is 86.6 cm³/mol. The zero-order valence-corrected chi connectivity index (χ0v) is 13.7. The zero-order chi connectivity index (χ0) is 15.9. The maximum atomic E-state index is 12.9. The van der Waals surface area contributed by atoms with Crippen LogP contribution in [0.2, 0.25) is 0 Å². The fourth-order valence-electron chi connectivity index (χ4n) is 2.64. The maximum absolute atomic E-state index is 12.9. The monoisotopic (exact) mass is 336 g/mol. The van der Waals surface area contributed by atoms with Crippen LogP contribution in [0.5, 0.6) is 0 Å². The summed E-state index contributed by atoms with van der Waals surface area (Å²) in [6.45, 7) is 2.05. The molecule has 116 valence electrons. The van der Waals surface area contributed by atoms with Crippen molar-refractivity contribution in [3.05, 3.63) is 46.8 Å². The Bertz CT molecular complexity index is 827. The van der Waals surface area contributed by atoms with Gasteiger partial charge in [0.15, 0.2) is 0 Å². The summed E-state index contributed by atoms with van der Waals surface area (Å²) in [7, 11) is -3.66. The van der Waals surface area contributed by atoms with Gasteiger partial charge in [0, 0.05) is 4.88 Å². The van der Waals surface area contributed by atoms with Gasteiger partial charge in [-0.3, -0.25) is 9.10 Å². The van der Waals surface area contributed by atoms with Crippen LogP contribution in [0, 0.1) is 0 Å². The summed E-state index contributed by atoms with van der Waals surface area (Å²) in [6, 6.07) is 10.5. The minimum absolute atomic E-state index is 0.0658. The number of carbonyl (C=O) groups is 1. The Morgan fingerprint density at radius 1 is 1.32 bits per heavy atom. The fraction of sp³-hybridized carbons (Fsp3) is 0.267. The number of rotatable bonds is 4. The van der Waals surface area contributed by atoms with Crippen molar-refractivity contribution in [3.63, 3.8) is 0 Å². The molecule has 1 aromatic heterocycles. The number of fused-ring (bicyclic) bond motifs is 1. The molecule has 0 saturated heterocycles. The van der Waals surface area contributed by atoms with Gasteiger partial charge in [-0.25, -0.2) is 8.42 Å². The van der Waals surface area contributed by atoms with Gasteiger partial charge in [0.1, 0.15) is 4.21 Å². The van der Waals surface area contributed by atoms with Crippen molar-refractivity contribution in [1.29, 1.82) is 0 Å². The minimum atomic E-state index is -3.66. The standard InChI is InChI=1S/C15H16N2O3S2/c1-2-10-7-8-14(21-10)22(19,20)17-9-12(15(16)18)11-5-3-4-6-13(11)17/h3-8,12H,2,9H2,1H3,(H2,16,18)/t12-/m1/s1. The highest BCUT2D eigenvalue weighted by molar-refractivity contribution is 7.94. The molecule has 0 bridgehead atoms. The van der Waals surface area contributed by atoms with Crippen molar-refractivity contribution in [2.75, 3.05) is 10.8 Å². The third kappa shape index (κ3) is 2.30. The van der Waals surface area contributed by atoms with Crippen LogP contribution in [0.1, 0.15) is 23.3 Å². The first-order valence-corrected chi connectivity index (χ1v) is 9.20. The molecule has 1 aliphatic rings. The molecule has 3 rings (SSSR count). The Kier molecular flexibility index (Phi) is 3.70. The number of amides is 1. The van der Waals surface area contributed by atoms with Gasteiger partial charge >= 0.3 is 0 Å². The third-order valence-electron chi connectivity index (χ3n) is 3.80. The Labute approximate surface area is 133 Å². The number of anilines is 1. The molecular formula is C15H16N2O3S2. The SMILES string of the molecule is CCc1ccc(S(=O)(=O)N2C[C@@H](C(N)=O)c3ccccc32)s1. The normalized spacial score (nSPS) is 17.5. The zero-order valence-electron chi connectivity index (χ0n) is 12.0. The second-order valence-corrected chi connectivity index (χ2v) is 8.38. The quantitative estimate of drug-likeness (QED) is 0.928. The summed E-state index contributed by atoms with van der Waals surface area (Å²) < 4.78 is 27.3. The number of nitrogens with zero attached hydrogens (tertiary/aromatic N) is 1. The molecule has 0 spiro atoms. The third-order valence-corrected chi connectivity index (χ3v) is 7.28. The van der Waals surface area contributed by atoms with E-state index in [-0.39, 0.29) is 6.54 Å². The summed E-state index contributed by atoms with van der Waals surface area (Å²) in [5.74, 6) is -1.11. The number of hydrogen-bond donors (Lipinski definition) is 1. The molecule has 22 heavy (non-hydrogen) atoms. The molecule has 5 nitrogen and oxygen atoms in total. The number of para-hydroxylation sites is 1. The largest absolute Gasteiger partial charge is 0.369 e. The van der Waals surface area contributed by atoms with Gasteiger partial charge in [-0.05, 0) is 30.2 Å². The first-order chi connectivity index (χ1) is 10.4. The van der Waals surface area contributed by atoms with Gasteiger partial charge in [0.25, 0.3) is 10.0 Å². The van der Waals surface area contributed by atoms with Crippen LogP contribution in [0.15, 0.2) is 40.6 Å². The Hall–Kier alpha value is -1.86. The van der Waals surface area contributed by atoms with E-state index in [9.17, 15) is 13.2 Å². The highest BCUT2D eigenvalue weighted by atomic mass is 32.2. The highest BCUT2D eigenvalue weighted by Crippen LogP contribution is 2.40. The molecule has 1 atom stereocenters. The van der Waals surface area contributed by atoms with E-state index in [1.807, 2.05) is 13.0 Å². The number of primary amides is 1. The number of aryl methyl sites for hydroxylation is 1. The summed E-state index contributed by atoms with van der Waals surface area (Å²) in [4.78, 5) is 12.6. The van der Waals surface area contributed by atoms with Crippen LogP contribution in [-0.4, -0.2) is 20.9 Å². The van der Waals surface area contributed by atoms with E-state index >= 15 is 0 Å². The lowest BCUT2D eigenvalue weighted by molar-refractivity contribution is -0.119.